The van der Waals surface area contributed by atoms with Gasteiger partial charge >= 0.3 is 0 Å². The second kappa shape index (κ2) is 6.09. The standard InChI is InChI=1S/C20H19N3O2/c1-4-16-19-15-11-18(25-3)17(24-2)10-13(15)12-21-20(19)23(22-16)14-8-6-5-7-9-14/h5-12H,4H2,1-3H3. The third kappa shape index (κ3) is 2.39. The number of rotatable bonds is 4. The lowest BCUT2D eigenvalue weighted by Crippen LogP contribution is -1.97. The molecule has 126 valence electrons. The van der Waals surface area contributed by atoms with Crippen molar-refractivity contribution in [2.45, 2.75) is 13.3 Å². The molecule has 4 aromatic rings. The summed E-state index contributed by atoms with van der Waals surface area (Å²) in [6.45, 7) is 2.11. The van der Waals surface area contributed by atoms with Crippen molar-refractivity contribution in [1.82, 2.24) is 14.8 Å². The van der Waals surface area contributed by atoms with Crippen LogP contribution in [0.3, 0.4) is 0 Å². The van der Waals surface area contributed by atoms with Crippen LogP contribution in [0, 0.1) is 0 Å². The lowest BCUT2D eigenvalue weighted by molar-refractivity contribution is 0.356. The van der Waals surface area contributed by atoms with Crippen molar-refractivity contribution in [3.05, 3.63) is 54.4 Å². The molecule has 0 aliphatic carbocycles. The van der Waals surface area contributed by atoms with E-state index in [2.05, 4.69) is 11.9 Å². The summed E-state index contributed by atoms with van der Waals surface area (Å²) in [5.74, 6) is 1.40. The Morgan fingerprint density at radius 2 is 1.72 bits per heavy atom. The van der Waals surface area contributed by atoms with Gasteiger partial charge in [-0.3, -0.25) is 0 Å². The van der Waals surface area contributed by atoms with Crippen LogP contribution in [0.2, 0.25) is 0 Å². The zero-order valence-electron chi connectivity index (χ0n) is 14.5. The van der Waals surface area contributed by atoms with Gasteiger partial charge in [-0.25, -0.2) is 9.67 Å². The normalized spacial score (nSPS) is 11.2. The fourth-order valence-corrected chi connectivity index (χ4v) is 3.19. The molecule has 2 aromatic carbocycles. The van der Waals surface area contributed by atoms with Crippen LogP contribution in [0.15, 0.2) is 48.7 Å². The van der Waals surface area contributed by atoms with Gasteiger partial charge < -0.3 is 9.47 Å². The predicted molar refractivity (Wildman–Crippen MR) is 98.9 cm³/mol. The molecule has 0 bridgehead atoms. The van der Waals surface area contributed by atoms with Gasteiger partial charge in [0.15, 0.2) is 17.1 Å². The average Bonchev–Trinajstić information content (AvgIpc) is 3.06. The van der Waals surface area contributed by atoms with Gasteiger partial charge in [-0.1, -0.05) is 25.1 Å². The smallest absolute Gasteiger partial charge is 0.163 e. The molecule has 25 heavy (non-hydrogen) atoms. The van der Waals surface area contributed by atoms with Crippen molar-refractivity contribution < 1.29 is 9.47 Å². The van der Waals surface area contributed by atoms with Crippen LogP contribution in [0.1, 0.15) is 12.6 Å². The summed E-state index contributed by atoms with van der Waals surface area (Å²) in [5.41, 5.74) is 2.87. The molecule has 0 unspecified atom stereocenters. The highest BCUT2D eigenvalue weighted by atomic mass is 16.5. The topological polar surface area (TPSA) is 49.2 Å². The molecule has 0 saturated heterocycles. The number of ether oxygens (including phenoxy) is 2. The van der Waals surface area contributed by atoms with E-state index in [-0.39, 0.29) is 0 Å². The van der Waals surface area contributed by atoms with Crippen molar-refractivity contribution in [1.29, 1.82) is 0 Å². The van der Waals surface area contributed by atoms with Gasteiger partial charge in [0, 0.05) is 17.0 Å². The number of para-hydroxylation sites is 1. The minimum Gasteiger partial charge on any atom is -0.493 e. The first-order valence-corrected chi connectivity index (χ1v) is 8.24. The number of nitrogens with zero attached hydrogens (tertiary/aromatic N) is 3. The summed E-state index contributed by atoms with van der Waals surface area (Å²) in [6, 6.07) is 14.0. The van der Waals surface area contributed by atoms with Crippen LogP contribution in [0.25, 0.3) is 27.5 Å². The third-order valence-corrected chi connectivity index (χ3v) is 4.42. The molecular weight excluding hydrogens is 314 g/mol. The Bertz CT molecular complexity index is 1060. The van der Waals surface area contributed by atoms with Crippen LogP contribution in [0.4, 0.5) is 0 Å². The van der Waals surface area contributed by atoms with Gasteiger partial charge in [-0.2, -0.15) is 5.10 Å². The first-order chi connectivity index (χ1) is 12.3. The largest absolute Gasteiger partial charge is 0.493 e. The molecule has 0 N–H and O–H groups in total. The Hall–Kier alpha value is -3.08. The first-order valence-electron chi connectivity index (χ1n) is 8.24. The number of aromatic nitrogens is 3. The number of aryl methyl sites for hydroxylation is 1. The highest BCUT2D eigenvalue weighted by Gasteiger charge is 2.17. The number of benzene rings is 2. The molecule has 0 amide bonds. The molecule has 0 aliphatic heterocycles. The van der Waals surface area contributed by atoms with E-state index in [4.69, 9.17) is 14.6 Å². The highest BCUT2D eigenvalue weighted by Crippen LogP contribution is 2.36. The van der Waals surface area contributed by atoms with Gasteiger partial charge in [-0.15, -0.1) is 0 Å². The van der Waals surface area contributed by atoms with Crippen molar-refractivity contribution in [2.75, 3.05) is 14.2 Å². The van der Waals surface area contributed by atoms with E-state index in [1.165, 1.54) is 0 Å². The summed E-state index contributed by atoms with van der Waals surface area (Å²) in [7, 11) is 3.29. The maximum absolute atomic E-state index is 5.49. The SMILES string of the molecule is CCc1nn(-c2ccccc2)c2ncc3cc(OC)c(OC)cc3c12. The van der Waals surface area contributed by atoms with E-state index in [1.807, 2.05) is 53.3 Å². The molecule has 0 fully saturated rings. The van der Waals surface area contributed by atoms with Crippen LogP contribution in [0.5, 0.6) is 11.5 Å². The van der Waals surface area contributed by atoms with Gasteiger partial charge in [0.1, 0.15) is 0 Å². The van der Waals surface area contributed by atoms with E-state index in [1.54, 1.807) is 14.2 Å². The molecule has 2 aromatic heterocycles. The maximum atomic E-state index is 5.49. The number of hydrogen-bond donors (Lipinski definition) is 0. The predicted octanol–water partition coefficient (Wildman–Crippen LogP) is 4.15. The maximum Gasteiger partial charge on any atom is 0.163 e. The Labute approximate surface area is 145 Å². The molecule has 4 rings (SSSR count). The minimum absolute atomic E-state index is 0.699. The first kappa shape index (κ1) is 15.4. The zero-order valence-corrected chi connectivity index (χ0v) is 14.5. The number of hydrogen-bond acceptors (Lipinski definition) is 4. The fraction of sp³-hybridized carbons (Fsp3) is 0.200. The van der Waals surface area contributed by atoms with Crippen LogP contribution < -0.4 is 9.47 Å². The van der Waals surface area contributed by atoms with E-state index in [0.717, 1.165) is 39.6 Å². The molecule has 0 atom stereocenters. The molecular formula is C20H19N3O2. The fourth-order valence-electron chi connectivity index (χ4n) is 3.19. The van der Waals surface area contributed by atoms with E-state index < -0.39 is 0 Å². The molecule has 2 heterocycles. The summed E-state index contributed by atoms with van der Waals surface area (Å²) >= 11 is 0. The Kier molecular flexibility index (Phi) is 3.76. The molecule has 5 nitrogen and oxygen atoms in total. The number of fused-ring (bicyclic) bond motifs is 3. The molecule has 0 saturated carbocycles. The van der Waals surface area contributed by atoms with Crippen molar-refractivity contribution in [3.8, 4) is 17.2 Å². The van der Waals surface area contributed by atoms with E-state index in [0.29, 0.717) is 11.5 Å². The summed E-state index contributed by atoms with van der Waals surface area (Å²) in [5, 5.41) is 7.95. The zero-order chi connectivity index (χ0) is 17.4. The molecule has 0 aliphatic rings. The molecule has 0 spiro atoms. The van der Waals surface area contributed by atoms with E-state index >= 15 is 0 Å². The summed E-state index contributed by atoms with van der Waals surface area (Å²) in [6.07, 6.45) is 2.69. The van der Waals surface area contributed by atoms with Crippen LogP contribution >= 0.6 is 0 Å². The Morgan fingerprint density at radius 3 is 2.40 bits per heavy atom. The average molecular weight is 333 g/mol. The van der Waals surface area contributed by atoms with Gasteiger partial charge in [-0.05, 0) is 30.7 Å². The number of methoxy groups -OCH3 is 2. The molecule has 0 radical (unpaired) electrons. The van der Waals surface area contributed by atoms with Gasteiger partial charge in [0.2, 0.25) is 0 Å². The second-order valence-electron chi connectivity index (χ2n) is 5.80. The summed E-state index contributed by atoms with van der Waals surface area (Å²) in [4.78, 5) is 4.69. The minimum atomic E-state index is 0.699. The Balaban J connectivity index is 2.09. The van der Waals surface area contributed by atoms with Gasteiger partial charge in [0.25, 0.3) is 0 Å². The van der Waals surface area contributed by atoms with Crippen LogP contribution in [-0.4, -0.2) is 29.0 Å². The monoisotopic (exact) mass is 333 g/mol. The number of pyridine rings is 1. The lowest BCUT2D eigenvalue weighted by atomic mass is 10.1. The van der Waals surface area contributed by atoms with Crippen molar-refractivity contribution in [2.24, 2.45) is 0 Å². The van der Waals surface area contributed by atoms with E-state index in [9.17, 15) is 0 Å². The third-order valence-electron chi connectivity index (χ3n) is 4.42. The van der Waals surface area contributed by atoms with Crippen molar-refractivity contribution >= 4 is 21.8 Å². The summed E-state index contributed by atoms with van der Waals surface area (Å²) < 4.78 is 12.8. The van der Waals surface area contributed by atoms with Gasteiger partial charge in [0.05, 0.1) is 31.0 Å². The lowest BCUT2D eigenvalue weighted by Gasteiger charge is -2.10. The highest BCUT2D eigenvalue weighted by molar-refractivity contribution is 6.07. The quantitative estimate of drug-likeness (QED) is 0.563. The van der Waals surface area contributed by atoms with Crippen molar-refractivity contribution in [3.63, 3.8) is 0 Å². The molecule has 5 heteroatoms. The van der Waals surface area contributed by atoms with Crippen LogP contribution in [-0.2, 0) is 6.42 Å². The second-order valence-corrected chi connectivity index (χ2v) is 5.80. The Morgan fingerprint density at radius 1 is 1.00 bits per heavy atom.